The van der Waals surface area contributed by atoms with Gasteiger partial charge in [-0.25, -0.2) is 0 Å². The van der Waals surface area contributed by atoms with Crippen LogP contribution in [-0.2, 0) is 9.47 Å². The maximum absolute atomic E-state index is 5.57. The van der Waals surface area contributed by atoms with Crippen molar-refractivity contribution >= 4 is 0 Å². The van der Waals surface area contributed by atoms with Crippen molar-refractivity contribution < 1.29 is 9.47 Å². The molecule has 0 amide bonds. The SMILES string of the molecule is CCCCCCCCOCC1(NC)CO1. The summed E-state index contributed by atoms with van der Waals surface area (Å²) in [5.41, 5.74) is -0.137. The molecule has 0 bridgehead atoms. The Morgan fingerprint density at radius 3 is 2.47 bits per heavy atom. The zero-order valence-electron chi connectivity index (χ0n) is 10.2. The van der Waals surface area contributed by atoms with Crippen LogP contribution in [0.15, 0.2) is 0 Å². The summed E-state index contributed by atoms with van der Waals surface area (Å²) >= 11 is 0. The minimum Gasteiger partial charge on any atom is -0.377 e. The van der Waals surface area contributed by atoms with Crippen LogP contribution >= 0.6 is 0 Å². The third-order valence-electron chi connectivity index (χ3n) is 2.93. The molecule has 0 aromatic carbocycles. The lowest BCUT2D eigenvalue weighted by molar-refractivity contribution is 0.0651. The molecule has 1 heterocycles. The molecule has 15 heavy (non-hydrogen) atoms. The number of unbranched alkanes of at least 4 members (excludes halogenated alkanes) is 5. The van der Waals surface area contributed by atoms with Crippen molar-refractivity contribution in [3.63, 3.8) is 0 Å². The van der Waals surface area contributed by atoms with E-state index in [9.17, 15) is 0 Å². The van der Waals surface area contributed by atoms with E-state index in [2.05, 4.69) is 12.2 Å². The van der Waals surface area contributed by atoms with Crippen LogP contribution in [0, 0.1) is 0 Å². The quantitative estimate of drug-likeness (QED) is 0.448. The second-order valence-corrected chi connectivity index (χ2v) is 4.35. The van der Waals surface area contributed by atoms with E-state index in [1.54, 1.807) is 0 Å². The van der Waals surface area contributed by atoms with Crippen LogP contribution in [0.25, 0.3) is 0 Å². The van der Waals surface area contributed by atoms with Crippen molar-refractivity contribution in [3.05, 3.63) is 0 Å². The van der Waals surface area contributed by atoms with Crippen LogP contribution in [0.2, 0.25) is 0 Å². The van der Waals surface area contributed by atoms with Crippen LogP contribution in [0.3, 0.4) is 0 Å². The van der Waals surface area contributed by atoms with Gasteiger partial charge in [-0.15, -0.1) is 0 Å². The number of nitrogens with one attached hydrogen (secondary N) is 1. The standard InChI is InChI=1S/C12H25NO2/c1-3-4-5-6-7-8-9-14-10-12(13-2)11-15-12/h13H,3-11H2,1-2H3. The summed E-state index contributed by atoms with van der Waals surface area (Å²) in [5, 5.41) is 3.12. The van der Waals surface area contributed by atoms with Crippen molar-refractivity contribution in [2.24, 2.45) is 0 Å². The van der Waals surface area contributed by atoms with Gasteiger partial charge in [0.2, 0.25) is 0 Å². The number of likely N-dealkylation sites (N-methyl/N-ethyl adjacent to an activating group) is 1. The Kier molecular flexibility index (Phi) is 6.22. The first-order valence-electron chi connectivity index (χ1n) is 6.23. The maximum atomic E-state index is 5.57. The molecule has 1 aliphatic heterocycles. The molecule has 3 heteroatoms. The smallest absolute Gasteiger partial charge is 0.166 e. The molecule has 0 spiro atoms. The predicted molar refractivity (Wildman–Crippen MR) is 61.9 cm³/mol. The number of rotatable bonds is 10. The van der Waals surface area contributed by atoms with Crippen LogP contribution < -0.4 is 5.32 Å². The van der Waals surface area contributed by atoms with E-state index in [1.165, 1.54) is 38.5 Å². The average Bonchev–Trinajstić information content (AvgIpc) is 3.03. The molecule has 0 aromatic rings. The molecular weight excluding hydrogens is 190 g/mol. The summed E-state index contributed by atoms with van der Waals surface area (Å²) in [6.07, 6.45) is 7.90. The van der Waals surface area contributed by atoms with Gasteiger partial charge in [0.05, 0.1) is 13.2 Å². The Hall–Kier alpha value is -0.120. The highest BCUT2D eigenvalue weighted by Gasteiger charge is 2.43. The maximum Gasteiger partial charge on any atom is 0.166 e. The van der Waals surface area contributed by atoms with E-state index >= 15 is 0 Å². The highest BCUT2D eigenvalue weighted by atomic mass is 16.6. The Labute approximate surface area is 93.5 Å². The molecular formula is C12H25NO2. The van der Waals surface area contributed by atoms with Gasteiger partial charge in [-0.3, -0.25) is 5.32 Å². The minimum absolute atomic E-state index is 0.137. The number of hydrogen-bond acceptors (Lipinski definition) is 3. The van der Waals surface area contributed by atoms with Crippen molar-refractivity contribution in [2.75, 3.05) is 26.9 Å². The Bertz CT molecular complexity index is 158. The second kappa shape index (κ2) is 7.20. The monoisotopic (exact) mass is 215 g/mol. The van der Waals surface area contributed by atoms with E-state index in [0.717, 1.165) is 13.2 Å². The van der Waals surface area contributed by atoms with E-state index in [1.807, 2.05) is 7.05 Å². The van der Waals surface area contributed by atoms with Gasteiger partial charge in [0, 0.05) is 6.61 Å². The first-order valence-corrected chi connectivity index (χ1v) is 6.23. The molecule has 0 aromatic heterocycles. The summed E-state index contributed by atoms with van der Waals surface area (Å²) in [7, 11) is 1.92. The number of hydrogen-bond donors (Lipinski definition) is 1. The molecule has 1 rings (SSSR count). The normalized spacial score (nSPS) is 24.4. The molecule has 3 nitrogen and oxygen atoms in total. The summed E-state index contributed by atoms with van der Waals surface area (Å²) in [6.45, 7) is 4.60. The molecule has 1 atom stereocenters. The first kappa shape index (κ1) is 12.9. The van der Waals surface area contributed by atoms with E-state index in [-0.39, 0.29) is 5.72 Å². The van der Waals surface area contributed by atoms with Gasteiger partial charge in [0.15, 0.2) is 5.72 Å². The molecule has 90 valence electrons. The lowest BCUT2D eigenvalue weighted by Crippen LogP contribution is -2.34. The second-order valence-electron chi connectivity index (χ2n) is 4.35. The van der Waals surface area contributed by atoms with Gasteiger partial charge < -0.3 is 9.47 Å². The Morgan fingerprint density at radius 2 is 1.87 bits per heavy atom. The van der Waals surface area contributed by atoms with Crippen molar-refractivity contribution in [2.45, 2.75) is 51.2 Å². The lowest BCUT2D eigenvalue weighted by atomic mass is 10.1. The fraction of sp³-hybridized carbons (Fsp3) is 1.00. The number of epoxide rings is 1. The molecule has 0 radical (unpaired) electrons. The third kappa shape index (κ3) is 5.50. The van der Waals surface area contributed by atoms with Crippen LogP contribution in [0.4, 0.5) is 0 Å². The Balaban J connectivity index is 1.77. The Morgan fingerprint density at radius 1 is 1.20 bits per heavy atom. The predicted octanol–water partition coefficient (Wildman–Crippen LogP) is 2.31. The zero-order valence-corrected chi connectivity index (χ0v) is 10.2. The molecule has 1 unspecified atom stereocenters. The minimum atomic E-state index is -0.137. The average molecular weight is 215 g/mol. The van der Waals surface area contributed by atoms with Gasteiger partial charge in [-0.2, -0.15) is 0 Å². The topological polar surface area (TPSA) is 33.8 Å². The van der Waals surface area contributed by atoms with E-state index < -0.39 is 0 Å². The van der Waals surface area contributed by atoms with Gasteiger partial charge >= 0.3 is 0 Å². The lowest BCUT2D eigenvalue weighted by Gasteiger charge is -2.10. The molecule has 1 fully saturated rings. The fourth-order valence-electron chi connectivity index (χ4n) is 1.61. The van der Waals surface area contributed by atoms with E-state index in [0.29, 0.717) is 6.61 Å². The van der Waals surface area contributed by atoms with E-state index in [4.69, 9.17) is 9.47 Å². The first-order chi connectivity index (χ1) is 7.33. The summed E-state index contributed by atoms with van der Waals surface area (Å²) in [6, 6.07) is 0. The summed E-state index contributed by atoms with van der Waals surface area (Å²) in [4.78, 5) is 0. The largest absolute Gasteiger partial charge is 0.377 e. The van der Waals surface area contributed by atoms with Crippen molar-refractivity contribution in [1.29, 1.82) is 0 Å². The summed E-state index contributed by atoms with van der Waals surface area (Å²) < 4.78 is 10.8. The van der Waals surface area contributed by atoms with Crippen LogP contribution in [-0.4, -0.2) is 32.6 Å². The molecule has 0 saturated carbocycles. The zero-order chi connectivity index (χ0) is 11.0. The molecule has 0 aliphatic carbocycles. The van der Waals surface area contributed by atoms with Crippen molar-refractivity contribution in [3.8, 4) is 0 Å². The highest BCUT2D eigenvalue weighted by Crippen LogP contribution is 2.22. The van der Waals surface area contributed by atoms with Gasteiger partial charge in [0.1, 0.15) is 0 Å². The van der Waals surface area contributed by atoms with Gasteiger partial charge in [-0.05, 0) is 13.5 Å². The summed E-state index contributed by atoms with van der Waals surface area (Å²) in [5.74, 6) is 0. The third-order valence-corrected chi connectivity index (χ3v) is 2.93. The highest BCUT2D eigenvalue weighted by molar-refractivity contribution is 4.87. The molecule has 1 saturated heterocycles. The van der Waals surface area contributed by atoms with Crippen LogP contribution in [0.1, 0.15) is 45.4 Å². The fourth-order valence-corrected chi connectivity index (χ4v) is 1.61. The van der Waals surface area contributed by atoms with Crippen molar-refractivity contribution in [1.82, 2.24) is 5.32 Å². The molecule has 1 N–H and O–H groups in total. The number of ether oxygens (including phenoxy) is 2. The van der Waals surface area contributed by atoms with Gasteiger partial charge in [-0.1, -0.05) is 39.0 Å². The van der Waals surface area contributed by atoms with Gasteiger partial charge in [0.25, 0.3) is 0 Å². The van der Waals surface area contributed by atoms with Crippen LogP contribution in [0.5, 0.6) is 0 Å². The molecule has 1 aliphatic rings.